The molecule has 0 aliphatic heterocycles. The molecule has 0 saturated carbocycles. The van der Waals surface area contributed by atoms with Crippen LogP contribution in [0.1, 0.15) is 5.56 Å². The van der Waals surface area contributed by atoms with Crippen LogP contribution in [0.4, 0.5) is 0 Å². The zero-order valence-electron chi connectivity index (χ0n) is 6.02. The lowest BCUT2D eigenvalue weighted by Gasteiger charge is -2.04. The fraction of sp³-hybridized carbons (Fsp3) is 0.375. The van der Waals surface area contributed by atoms with Crippen LogP contribution in [0.5, 0.6) is 0 Å². The Morgan fingerprint density at radius 1 is 1.56 bits per heavy atom. The highest BCUT2D eigenvalue weighted by Gasteiger charge is 1.90. The molecule has 1 rings (SSSR count). The standard InChI is InChI=1S/C8H12Si/c1-9(2)7-8-5-3-4-6-8/h3-6H,7H2,1-2H3/q-1. The molecule has 0 fully saturated rings. The minimum Gasteiger partial charge on any atom is -0.211 e. The maximum atomic E-state index is 2.34. The Balaban J connectivity index is 2.48. The Hall–Kier alpha value is -0.433. The van der Waals surface area contributed by atoms with Crippen LogP contribution in [0.15, 0.2) is 24.3 Å². The highest BCUT2D eigenvalue weighted by Crippen LogP contribution is 2.02. The Labute approximate surface area is 58.5 Å². The molecule has 0 bridgehead atoms. The summed E-state index contributed by atoms with van der Waals surface area (Å²) >= 11 is 0. The van der Waals surface area contributed by atoms with Crippen LogP contribution >= 0.6 is 0 Å². The molecule has 0 atom stereocenters. The second-order valence-corrected chi connectivity index (χ2v) is 5.44. The molecule has 1 heteroatoms. The first-order valence-electron chi connectivity index (χ1n) is 3.28. The van der Waals surface area contributed by atoms with E-state index >= 15 is 0 Å². The van der Waals surface area contributed by atoms with E-state index in [0.29, 0.717) is 0 Å². The van der Waals surface area contributed by atoms with Crippen molar-refractivity contribution in [1.29, 1.82) is 0 Å². The molecular weight excluding hydrogens is 124 g/mol. The van der Waals surface area contributed by atoms with Crippen LogP contribution in [0.3, 0.4) is 0 Å². The van der Waals surface area contributed by atoms with Crippen molar-refractivity contribution in [3.63, 3.8) is 0 Å². The van der Waals surface area contributed by atoms with Gasteiger partial charge in [0.05, 0.1) is 0 Å². The largest absolute Gasteiger partial charge is 0.211 e. The summed E-state index contributed by atoms with van der Waals surface area (Å²) < 4.78 is 0. The third-order valence-electron chi connectivity index (χ3n) is 1.29. The average molecular weight is 136 g/mol. The number of rotatable bonds is 2. The minimum absolute atomic E-state index is 0.0571. The molecule has 1 aromatic rings. The van der Waals surface area contributed by atoms with E-state index in [2.05, 4.69) is 37.4 Å². The zero-order valence-corrected chi connectivity index (χ0v) is 7.02. The average Bonchev–Trinajstić information content (AvgIpc) is 2.15. The summed E-state index contributed by atoms with van der Waals surface area (Å²) in [6, 6.07) is 9.95. The Bertz CT molecular complexity index is 151. The summed E-state index contributed by atoms with van der Waals surface area (Å²) in [6.07, 6.45) is 0. The highest BCUT2D eigenvalue weighted by atomic mass is 28.3. The van der Waals surface area contributed by atoms with E-state index in [-0.39, 0.29) is 8.80 Å². The zero-order chi connectivity index (χ0) is 6.69. The smallest absolute Gasteiger partial charge is 0.0327 e. The van der Waals surface area contributed by atoms with Crippen molar-refractivity contribution >= 4 is 8.80 Å². The molecule has 1 radical (unpaired) electrons. The Kier molecular flexibility index (Phi) is 2.17. The second-order valence-electron chi connectivity index (χ2n) is 2.68. The van der Waals surface area contributed by atoms with Crippen LogP contribution in [-0.4, -0.2) is 8.80 Å². The fourth-order valence-corrected chi connectivity index (χ4v) is 1.99. The Morgan fingerprint density at radius 3 is 2.78 bits per heavy atom. The molecule has 0 aliphatic carbocycles. The SMILES string of the molecule is C[Si](C)Cc1cc[cH-]c1. The fourth-order valence-electron chi connectivity index (χ4n) is 0.940. The van der Waals surface area contributed by atoms with Gasteiger partial charge in [-0.15, -0.1) is 0 Å². The van der Waals surface area contributed by atoms with Crippen LogP contribution in [0, 0.1) is 0 Å². The first kappa shape index (κ1) is 6.68. The summed E-state index contributed by atoms with van der Waals surface area (Å²) in [4.78, 5) is 0. The number of hydrogen-bond acceptors (Lipinski definition) is 0. The van der Waals surface area contributed by atoms with E-state index in [9.17, 15) is 0 Å². The van der Waals surface area contributed by atoms with Crippen molar-refractivity contribution in [2.24, 2.45) is 0 Å². The summed E-state index contributed by atoms with van der Waals surface area (Å²) in [6.45, 7) is 4.69. The lowest BCUT2D eigenvalue weighted by atomic mass is 10.4. The van der Waals surface area contributed by atoms with Crippen molar-refractivity contribution in [3.8, 4) is 0 Å². The molecule has 0 N–H and O–H groups in total. The van der Waals surface area contributed by atoms with Gasteiger partial charge in [-0.2, -0.15) is 18.2 Å². The van der Waals surface area contributed by atoms with Gasteiger partial charge in [-0.1, -0.05) is 19.1 Å². The predicted octanol–water partition coefficient (Wildman–Crippen LogP) is 2.24. The van der Waals surface area contributed by atoms with Gasteiger partial charge in [-0.25, -0.2) is 11.6 Å². The molecule has 0 nitrogen and oxygen atoms in total. The quantitative estimate of drug-likeness (QED) is 0.432. The van der Waals surface area contributed by atoms with E-state index in [4.69, 9.17) is 0 Å². The summed E-state index contributed by atoms with van der Waals surface area (Å²) in [5.74, 6) is 0. The summed E-state index contributed by atoms with van der Waals surface area (Å²) in [5, 5.41) is 0. The lowest BCUT2D eigenvalue weighted by molar-refractivity contribution is 1.39. The molecule has 0 unspecified atom stereocenters. The van der Waals surface area contributed by atoms with Gasteiger partial charge in [0.25, 0.3) is 0 Å². The first-order valence-corrected chi connectivity index (χ1v) is 5.99. The molecular formula is C8H12Si-. The molecule has 0 aromatic heterocycles. The molecule has 0 heterocycles. The first-order chi connectivity index (χ1) is 4.29. The topological polar surface area (TPSA) is 0 Å². The maximum Gasteiger partial charge on any atom is 0.0327 e. The maximum absolute atomic E-state index is 2.34. The van der Waals surface area contributed by atoms with Gasteiger partial charge in [0, 0.05) is 8.80 Å². The molecule has 0 aliphatic rings. The third kappa shape index (κ3) is 2.10. The van der Waals surface area contributed by atoms with E-state index in [1.165, 1.54) is 11.6 Å². The molecule has 9 heavy (non-hydrogen) atoms. The van der Waals surface area contributed by atoms with Crippen molar-refractivity contribution in [3.05, 3.63) is 29.8 Å². The summed E-state index contributed by atoms with van der Waals surface area (Å²) in [7, 11) is -0.0571. The van der Waals surface area contributed by atoms with Crippen LogP contribution < -0.4 is 0 Å². The van der Waals surface area contributed by atoms with Crippen molar-refractivity contribution in [1.82, 2.24) is 0 Å². The van der Waals surface area contributed by atoms with Gasteiger partial charge in [0.2, 0.25) is 0 Å². The molecule has 1 aromatic carbocycles. The van der Waals surface area contributed by atoms with Gasteiger partial charge < -0.3 is 0 Å². The van der Waals surface area contributed by atoms with E-state index in [1.54, 1.807) is 0 Å². The van der Waals surface area contributed by atoms with Gasteiger partial charge in [-0.3, -0.25) is 0 Å². The molecule has 49 valence electrons. The van der Waals surface area contributed by atoms with Gasteiger partial charge >= 0.3 is 0 Å². The van der Waals surface area contributed by atoms with Gasteiger partial charge in [0.1, 0.15) is 0 Å². The molecule has 0 spiro atoms. The van der Waals surface area contributed by atoms with Gasteiger partial charge in [-0.05, 0) is 0 Å². The Morgan fingerprint density at radius 2 is 2.33 bits per heavy atom. The molecule has 0 saturated heterocycles. The highest BCUT2D eigenvalue weighted by molar-refractivity contribution is 6.55. The van der Waals surface area contributed by atoms with Crippen molar-refractivity contribution in [2.45, 2.75) is 19.1 Å². The van der Waals surface area contributed by atoms with Gasteiger partial charge in [0.15, 0.2) is 0 Å². The molecule has 0 amide bonds. The van der Waals surface area contributed by atoms with Crippen LogP contribution in [0.2, 0.25) is 13.1 Å². The third-order valence-corrected chi connectivity index (χ3v) is 2.40. The van der Waals surface area contributed by atoms with Crippen molar-refractivity contribution in [2.75, 3.05) is 0 Å². The predicted molar refractivity (Wildman–Crippen MR) is 43.2 cm³/mol. The lowest BCUT2D eigenvalue weighted by Crippen LogP contribution is -2.03. The van der Waals surface area contributed by atoms with Crippen LogP contribution in [0.25, 0.3) is 0 Å². The minimum atomic E-state index is -0.0571. The normalized spacial score (nSPS) is 10.6. The van der Waals surface area contributed by atoms with Crippen molar-refractivity contribution < 1.29 is 0 Å². The summed E-state index contributed by atoms with van der Waals surface area (Å²) in [5.41, 5.74) is 1.51. The van der Waals surface area contributed by atoms with E-state index in [0.717, 1.165) is 0 Å². The van der Waals surface area contributed by atoms with E-state index in [1.807, 2.05) is 0 Å². The monoisotopic (exact) mass is 136 g/mol. The van der Waals surface area contributed by atoms with E-state index < -0.39 is 0 Å². The second kappa shape index (κ2) is 2.92. The number of hydrogen-bond donors (Lipinski definition) is 0. The van der Waals surface area contributed by atoms with Crippen LogP contribution in [-0.2, 0) is 6.04 Å².